The fourth-order valence-electron chi connectivity index (χ4n) is 2.80. The second-order valence-corrected chi connectivity index (χ2v) is 6.44. The largest absolute Gasteiger partial charge is 0.387 e. The van der Waals surface area contributed by atoms with Crippen molar-refractivity contribution >= 4 is 0 Å². The van der Waals surface area contributed by atoms with Gasteiger partial charge in [-0.15, -0.1) is 0 Å². The van der Waals surface area contributed by atoms with Crippen LogP contribution in [-0.2, 0) is 0 Å². The lowest BCUT2D eigenvalue weighted by molar-refractivity contribution is 0.0522. The van der Waals surface area contributed by atoms with E-state index in [9.17, 15) is 5.11 Å². The van der Waals surface area contributed by atoms with E-state index < -0.39 is 0 Å². The molecule has 2 nitrogen and oxygen atoms in total. The molecule has 2 aliphatic carbocycles. The van der Waals surface area contributed by atoms with E-state index in [1.165, 1.54) is 38.8 Å². The molecule has 2 unspecified atom stereocenters. The number of hydrogen-bond donors (Lipinski definition) is 1. The average Bonchev–Trinajstić information content (AvgIpc) is 3.32. The molecule has 3 rings (SSSR count). The molecule has 0 aromatic heterocycles. The first-order valence-corrected chi connectivity index (χ1v) is 7.71. The fourth-order valence-corrected chi connectivity index (χ4v) is 2.80. The van der Waals surface area contributed by atoms with Crippen molar-refractivity contribution in [2.45, 2.75) is 44.8 Å². The molecular weight excluding hydrogens is 234 g/mol. The molecule has 0 saturated heterocycles. The maximum atomic E-state index is 10.6. The highest BCUT2D eigenvalue weighted by molar-refractivity contribution is 5.18. The molecule has 0 radical (unpaired) electrons. The number of rotatable bonds is 7. The maximum Gasteiger partial charge on any atom is 0.0942 e. The van der Waals surface area contributed by atoms with Gasteiger partial charge in [0.15, 0.2) is 0 Å². The highest BCUT2D eigenvalue weighted by Gasteiger charge is 2.33. The second-order valence-electron chi connectivity index (χ2n) is 6.44. The first kappa shape index (κ1) is 13.1. The van der Waals surface area contributed by atoms with Gasteiger partial charge in [0.1, 0.15) is 0 Å². The first-order chi connectivity index (χ1) is 9.24. The van der Waals surface area contributed by atoms with Crippen LogP contribution in [-0.4, -0.2) is 29.1 Å². The van der Waals surface area contributed by atoms with Crippen molar-refractivity contribution in [3.8, 4) is 0 Å². The van der Waals surface area contributed by atoms with Gasteiger partial charge in [-0.2, -0.15) is 0 Å². The van der Waals surface area contributed by atoms with Gasteiger partial charge in [0.2, 0.25) is 0 Å². The Morgan fingerprint density at radius 2 is 1.58 bits per heavy atom. The molecule has 1 aromatic rings. The maximum absolute atomic E-state index is 10.6. The van der Waals surface area contributed by atoms with Crippen LogP contribution in [0.1, 0.15) is 44.3 Å². The predicted octanol–water partition coefficient (Wildman–Crippen LogP) is 3.23. The van der Waals surface area contributed by atoms with Crippen LogP contribution in [0, 0.1) is 11.8 Å². The molecule has 104 valence electrons. The van der Waals surface area contributed by atoms with Crippen LogP contribution < -0.4 is 0 Å². The van der Waals surface area contributed by atoms with Gasteiger partial charge in [-0.25, -0.2) is 0 Å². The Kier molecular flexibility index (Phi) is 3.90. The topological polar surface area (TPSA) is 23.5 Å². The van der Waals surface area contributed by atoms with Crippen molar-refractivity contribution in [1.82, 2.24) is 4.90 Å². The SMILES string of the molecule is CC(C(O)c1ccccc1)N(CC1CC1)CC1CC1. The lowest BCUT2D eigenvalue weighted by atomic mass is 10.0. The minimum Gasteiger partial charge on any atom is -0.387 e. The van der Waals surface area contributed by atoms with Gasteiger partial charge >= 0.3 is 0 Å². The number of benzene rings is 1. The minimum atomic E-state index is -0.362. The Balaban J connectivity index is 1.65. The Hall–Kier alpha value is -0.860. The van der Waals surface area contributed by atoms with Gasteiger partial charge < -0.3 is 5.11 Å². The summed E-state index contributed by atoms with van der Waals surface area (Å²) in [6.07, 6.45) is 5.17. The van der Waals surface area contributed by atoms with Crippen LogP contribution >= 0.6 is 0 Å². The smallest absolute Gasteiger partial charge is 0.0942 e. The zero-order chi connectivity index (χ0) is 13.2. The second kappa shape index (κ2) is 5.64. The van der Waals surface area contributed by atoms with Crippen molar-refractivity contribution < 1.29 is 5.11 Å². The van der Waals surface area contributed by atoms with Crippen LogP contribution in [0.2, 0.25) is 0 Å². The van der Waals surface area contributed by atoms with Gasteiger partial charge in [-0.05, 0) is 50.0 Å². The summed E-state index contributed by atoms with van der Waals surface area (Å²) in [5.41, 5.74) is 1.05. The van der Waals surface area contributed by atoms with E-state index in [2.05, 4.69) is 11.8 Å². The van der Waals surface area contributed by atoms with E-state index in [0.717, 1.165) is 17.4 Å². The predicted molar refractivity (Wildman–Crippen MR) is 77.9 cm³/mol. The third-order valence-corrected chi connectivity index (χ3v) is 4.55. The summed E-state index contributed by atoms with van der Waals surface area (Å²) in [7, 11) is 0. The number of nitrogens with zero attached hydrogens (tertiary/aromatic N) is 1. The lowest BCUT2D eigenvalue weighted by Gasteiger charge is -2.32. The third-order valence-electron chi connectivity index (χ3n) is 4.55. The van der Waals surface area contributed by atoms with Crippen molar-refractivity contribution in [3.05, 3.63) is 35.9 Å². The highest BCUT2D eigenvalue weighted by Crippen LogP contribution is 2.36. The van der Waals surface area contributed by atoms with Gasteiger partial charge in [0, 0.05) is 19.1 Å². The van der Waals surface area contributed by atoms with Gasteiger partial charge in [-0.3, -0.25) is 4.90 Å². The van der Waals surface area contributed by atoms with Crippen LogP contribution in [0.4, 0.5) is 0 Å². The Bertz CT molecular complexity index is 383. The molecule has 1 N–H and O–H groups in total. The number of aliphatic hydroxyl groups excluding tert-OH is 1. The minimum absolute atomic E-state index is 0.226. The summed E-state index contributed by atoms with van der Waals surface area (Å²) >= 11 is 0. The van der Waals surface area contributed by atoms with Crippen LogP contribution in [0.3, 0.4) is 0 Å². The molecule has 0 bridgehead atoms. The Morgan fingerprint density at radius 3 is 2.05 bits per heavy atom. The van der Waals surface area contributed by atoms with Gasteiger partial charge in [0.05, 0.1) is 6.10 Å². The molecule has 1 aromatic carbocycles. The molecule has 2 saturated carbocycles. The molecule has 2 atom stereocenters. The van der Waals surface area contributed by atoms with E-state index in [4.69, 9.17) is 0 Å². The summed E-state index contributed by atoms with van der Waals surface area (Å²) in [5.74, 6) is 1.79. The van der Waals surface area contributed by atoms with Gasteiger partial charge in [0.25, 0.3) is 0 Å². The van der Waals surface area contributed by atoms with Crippen molar-refractivity contribution in [2.75, 3.05) is 13.1 Å². The van der Waals surface area contributed by atoms with Crippen molar-refractivity contribution in [2.24, 2.45) is 11.8 Å². The number of hydrogen-bond acceptors (Lipinski definition) is 2. The summed E-state index contributed by atoms with van der Waals surface area (Å²) in [4.78, 5) is 2.53. The fraction of sp³-hybridized carbons (Fsp3) is 0.647. The molecule has 0 heterocycles. The van der Waals surface area contributed by atoms with E-state index in [0.29, 0.717) is 0 Å². The number of aliphatic hydroxyl groups is 1. The van der Waals surface area contributed by atoms with Crippen molar-refractivity contribution in [3.63, 3.8) is 0 Å². The first-order valence-electron chi connectivity index (χ1n) is 7.71. The normalized spacial score (nSPS) is 22.5. The highest BCUT2D eigenvalue weighted by atomic mass is 16.3. The zero-order valence-electron chi connectivity index (χ0n) is 11.8. The standard InChI is InChI=1S/C17H25NO/c1-13(17(19)16-5-3-2-4-6-16)18(11-14-7-8-14)12-15-9-10-15/h2-6,13-15,17,19H,7-12H2,1H3. The summed E-state index contributed by atoms with van der Waals surface area (Å²) < 4.78 is 0. The molecular formula is C17H25NO. The summed E-state index contributed by atoms with van der Waals surface area (Å²) in [6.45, 7) is 4.55. The molecule has 19 heavy (non-hydrogen) atoms. The molecule has 0 spiro atoms. The lowest BCUT2D eigenvalue weighted by Crippen LogP contribution is -2.40. The van der Waals surface area contributed by atoms with Crippen LogP contribution in [0.25, 0.3) is 0 Å². The van der Waals surface area contributed by atoms with E-state index in [-0.39, 0.29) is 12.1 Å². The van der Waals surface area contributed by atoms with Crippen LogP contribution in [0.15, 0.2) is 30.3 Å². The Labute approximate surface area is 116 Å². The summed E-state index contributed by atoms with van der Waals surface area (Å²) in [6, 6.07) is 10.3. The zero-order valence-corrected chi connectivity index (χ0v) is 11.8. The van der Waals surface area contributed by atoms with Crippen LogP contribution in [0.5, 0.6) is 0 Å². The van der Waals surface area contributed by atoms with E-state index in [1.54, 1.807) is 0 Å². The quantitative estimate of drug-likeness (QED) is 0.812. The van der Waals surface area contributed by atoms with Crippen molar-refractivity contribution in [1.29, 1.82) is 0 Å². The Morgan fingerprint density at radius 1 is 1.05 bits per heavy atom. The average molecular weight is 259 g/mol. The molecule has 2 heteroatoms. The summed E-state index contributed by atoms with van der Waals surface area (Å²) in [5, 5.41) is 10.6. The van der Waals surface area contributed by atoms with E-state index in [1.807, 2.05) is 30.3 Å². The molecule has 2 aliphatic rings. The van der Waals surface area contributed by atoms with Gasteiger partial charge in [-0.1, -0.05) is 30.3 Å². The van der Waals surface area contributed by atoms with E-state index >= 15 is 0 Å². The monoisotopic (exact) mass is 259 g/mol. The molecule has 0 amide bonds. The molecule has 2 fully saturated rings. The molecule has 0 aliphatic heterocycles. The third kappa shape index (κ3) is 3.58.